The average Bonchev–Trinajstić information content (AvgIpc) is 1.95. The van der Waals surface area contributed by atoms with Crippen LogP contribution < -0.4 is 5.32 Å². The van der Waals surface area contributed by atoms with Crippen molar-refractivity contribution in [2.45, 2.75) is 24.4 Å². The van der Waals surface area contributed by atoms with Gasteiger partial charge in [0, 0.05) is 6.42 Å². The molecule has 0 amide bonds. The van der Waals surface area contributed by atoms with E-state index in [2.05, 4.69) is 5.32 Å². The number of rotatable bonds is 3. The lowest BCUT2D eigenvalue weighted by atomic mass is 9.98. The lowest BCUT2D eigenvalue weighted by molar-refractivity contribution is -0.369. The number of alkyl halides is 6. The van der Waals surface area contributed by atoms with Crippen molar-refractivity contribution in [1.82, 2.24) is 5.32 Å². The Hall–Kier alpha value is -0.500. The van der Waals surface area contributed by atoms with Gasteiger partial charge in [-0.2, -0.15) is 26.3 Å². The van der Waals surface area contributed by atoms with E-state index < -0.39 is 30.9 Å². The van der Waals surface area contributed by atoms with E-state index in [9.17, 15) is 26.3 Å². The molecule has 0 unspecified atom stereocenters. The third-order valence-corrected chi connectivity index (χ3v) is 1.67. The van der Waals surface area contributed by atoms with Gasteiger partial charge in [-0.25, -0.2) is 0 Å². The minimum Gasteiger partial charge on any atom is -0.374 e. The first-order chi connectivity index (χ1) is 6.06. The molecule has 0 aliphatic carbocycles. The molecule has 0 rings (SSSR count). The highest BCUT2D eigenvalue weighted by Crippen LogP contribution is 2.44. The van der Waals surface area contributed by atoms with Crippen LogP contribution in [0.1, 0.15) is 6.42 Å². The van der Waals surface area contributed by atoms with Crippen molar-refractivity contribution < 1.29 is 31.4 Å². The summed E-state index contributed by atoms with van der Waals surface area (Å²) in [5, 5.41) is 10.6. The monoisotopic (exact) mass is 225 g/mol. The van der Waals surface area contributed by atoms with Crippen molar-refractivity contribution in [1.29, 1.82) is 0 Å². The molecule has 2 nitrogen and oxygen atoms in total. The second-order valence-electron chi connectivity index (χ2n) is 2.71. The minimum absolute atomic E-state index is 0.588. The highest BCUT2D eigenvalue weighted by molar-refractivity contribution is 4.93. The number of halogens is 6. The quantitative estimate of drug-likeness (QED) is 0.712. The predicted molar refractivity (Wildman–Crippen MR) is 35.6 cm³/mol. The molecule has 86 valence electrons. The summed E-state index contributed by atoms with van der Waals surface area (Å²) in [6.07, 6.45) is -12.9. The van der Waals surface area contributed by atoms with Gasteiger partial charge in [0.05, 0.1) is 0 Å². The molecule has 0 atom stereocenters. The second-order valence-corrected chi connectivity index (χ2v) is 2.71. The summed E-state index contributed by atoms with van der Waals surface area (Å²) in [6, 6.07) is 0. The zero-order valence-corrected chi connectivity index (χ0v) is 7.13. The molecule has 14 heavy (non-hydrogen) atoms. The Kier molecular flexibility index (Phi) is 3.79. The lowest BCUT2D eigenvalue weighted by Crippen LogP contribution is -2.57. The number of hydrogen-bond acceptors (Lipinski definition) is 2. The summed E-state index contributed by atoms with van der Waals surface area (Å²) in [5.74, 6) is 0. The topological polar surface area (TPSA) is 32.3 Å². The summed E-state index contributed by atoms with van der Waals surface area (Å²) in [5.41, 5.74) is -4.64. The van der Waals surface area contributed by atoms with Gasteiger partial charge >= 0.3 is 12.4 Å². The Labute approximate surface area is 75.9 Å². The molecular weight excluding hydrogens is 216 g/mol. The second kappa shape index (κ2) is 3.93. The Bertz CT molecular complexity index is 172. The van der Waals surface area contributed by atoms with Crippen molar-refractivity contribution in [3.63, 3.8) is 0 Å². The molecule has 0 aliphatic heterocycles. The van der Waals surface area contributed by atoms with Crippen LogP contribution in [0.25, 0.3) is 0 Å². The molecule has 2 N–H and O–H groups in total. The maximum absolute atomic E-state index is 11.9. The van der Waals surface area contributed by atoms with E-state index >= 15 is 0 Å². The zero-order chi connectivity index (χ0) is 11.6. The third kappa shape index (κ3) is 2.50. The standard InChI is InChI=1S/C6H9F6NO/c1-13-3-2-4(14,5(7,8)9)6(10,11)12/h13-14H,2-3H2,1H3. The van der Waals surface area contributed by atoms with Crippen molar-refractivity contribution in [3.8, 4) is 0 Å². The summed E-state index contributed by atoms with van der Waals surface area (Å²) in [6.45, 7) is -0.588. The Morgan fingerprint density at radius 2 is 1.36 bits per heavy atom. The van der Waals surface area contributed by atoms with Crippen LogP contribution in [0.5, 0.6) is 0 Å². The Balaban J connectivity index is 4.87. The average molecular weight is 225 g/mol. The molecule has 0 aliphatic rings. The Morgan fingerprint density at radius 1 is 1.00 bits per heavy atom. The predicted octanol–water partition coefficient (Wildman–Crippen LogP) is 1.45. The van der Waals surface area contributed by atoms with Gasteiger partial charge in [-0.15, -0.1) is 0 Å². The molecule has 0 saturated heterocycles. The largest absolute Gasteiger partial charge is 0.426 e. The molecule has 0 bridgehead atoms. The summed E-state index contributed by atoms with van der Waals surface area (Å²) in [7, 11) is 1.19. The van der Waals surface area contributed by atoms with Crippen LogP contribution in [0.15, 0.2) is 0 Å². The first kappa shape index (κ1) is 13.5. The number of nitrogens with one attached hydrogen (secondary N) is 1. The van der Waals surface area contributed by atoms with E-state index in [0.717, 1.165) is 0 Å². The molecule has 0 aromatic rings. The Morgan fingerprint density at radius 3 is 1.57 bits per heavy atom. The van der Waals surface area contributed by atoms with Gasteiger partial charge < -0.3 is 10.4 Å². The number of hydrogen-bond donors (Lipinski definition) is 2. The van der Waals surface area contributed by atoms with Crippen LogP contribution in [-0.4, -0.2) is 36.7 Å². The van der Waals surface area contributed by atoms with Crippen LogP contribution in [0, 0.1) is 0 Å². The van der Waals surface area contributed by atoms with Crippen LogP contribution in [0.4, 0.5) is 26.3 Å². The molecule has 0 radical (unpaired) electrons. The maximum Gasteiger partial charge on any atom is 0.426 e. The van der Waals surface area contributed by atoms with Gasteiger partial charge in [-0.3, -0.25) is 0 Å². The maximum atomic E-state index is 11.9. The van der Waals surface area contributed by atoms with Crippen molar-refractivity contribution in [2.75, 3.05) is 13.6 Å². The third-order valence-electron chi connectivity index (χ3n) is 1.67. The van der Waals surface area contributed by atoms with Crippen molar-refractivity contribution >= 4 is 0 Å². The van der Waals surface area contributed by atoms with E-state index in [1.807, 2.05) is 0 Å². The van der Waals surface area contributed by atoms with E-state index in [0.29, 0.717) is 0 Å². The van der Waals surface area contributed by atoms with Crippen molar-refractivity contribution in [3.05, 3.63) is 0 Å². The molecular formula is C6H9F6NO. The first-order valence-corrected chi connectivity index (χ1v) is 3.56. The fourth-order valence-corrected chi connectivity index (χ4v) is 0.750. The van der Waals surface area contributed by atoms with Gasteiger partial charge in [-0.05, 0) is 13.6 Å². The van der Waals surface area contributed by atoms with Crippen LogP contribution in [-0.2, 0) is 0 Å². The zero-order valence-electron chi connectivity index (χ0n) is 7.13. The lowest BCUT2D eigenvalue weighted by Gasteiger charge is -2.32. The SMILES string of the molecule is CNCCC(O)(C(F)(F)F)C(F)(F)F. The van der Waals surface area contributed by atoms with E-state index in [-0.39, 0.29) is 0 Å². The van der Waals surface area contributed by atoms with Gasteiger partial charge in [0.25, 0.3) is 5.60 Å². The van der Waals surface area contributed by atoms with Gasteiger partial charge in [-0.1, -0.05) is 0 Å². The highest BCUT2D eigenvalue weighted by atomic mass is 19.4. The minimum atomic E-state index is -5.72. The van der Waals surface area contributed by atoms with E-state index in [1.54, 1.807) is 0 Å². The van der Waals surface area contributed by atoms with Crippen LogP contribution in [0.3, 0.4) is 0 Å². The fourth-order valence-electron chi connectivity index (χ4n) is 0.750. The summed E-state index contributed by atoms with van der Waals surface area (Å²) >= 11 is 0. The molecule has 0 aromatic carbocycles. The number of aliphatic hydroxyl groups is 1. The molecule has 0 saturated carbocycles. The first-order valence-electron chi connectivity index (χ1n) is 3.56. The van der Waals surface area contributed by atoms with Gasteiger partial charge in [0.15, 0.2) is 0 Å². The van der Waals surface area contributed by atoms with E-state index in [1.165, 1.54) is 7.05 Å². The van der Waals surface area contributed by atoms with Gasteiger partial charge in [0.1, 0.15) is 0 Å². The van der Waals surface area contributed by atoms with Gasteiger partial charge in [0.2, 0.25) is 0 Å². The molecule has 0 heterocycles. The van der Waals surface area contributed by atoms with Crippen LogP contribution in [0.2, 0.25) is 0 Å². The van der Waals surface area contributed by atoms with Crippen molar-refractivity contribution in [2.24, 2.45) is 0 Å². The molecule has 0 spiro atoms. The highest BCUT2D eigenvalue weighted by Gasteiger charge is 2.69. The van der Waals surface area contributed by atoms with E-state index in [4.69, 9.17) is 5.11 Å². The summed E-state index contributed by atoms with van der Waals surface area (Å²) in [4.78, 5) is 0. The normalized spacial score (nSPS) is 14.6. The molecule has 0 fully saturated rings. The smallest absolute Gasteiger partial charge is 0.374 e. The molecule has 0 aromatic heterocycles. The molecule has 8 heteroatoms. The van der Waals surface area contributed by atoms with Crippen LogP contribution >= 0.6 is 0 Å². The summed E-state index contributed by atoms with van der Waals surface area (Å²) < 4.78 is 71.6. The fraction of sp³-hybridized carbons (Fsp3) is 1.00.